The maximum absolute atomic E-state index is 13.7. The third kappa shape index (κ3) is 4.51. The molecule has 1 amide bonds. The van der Waals surface area contributed by atoms with Gasteiger partial charge < -0.3 is 14.8 Å². The van der Waals surface area contributed by atoms with Gasteiger partial charge in [-0.05, 0) is 61.0 Å². The number of aromatic amines is 1. The molecule has 2 aliphatic rings. The summed E-state index contributed by atoms with van der Waals surface area (Å²) in [6.07, 6.45) is 4.34. The SMILES string of the molecule is O=C(c1cccc2cc[nH]c12)N1C[C@H](CN2CCC(c3ccccc3)CC2)[C@@H](c2ccccc2)C1. The number of hydrogen-bond acceptors (Lipinski definition) is 2. The van der Waals surface area contributed by atoms with Gasteiger partial charge in [-0.1, -0.05) is 72.8 Å². The Morgan fingerprint density at radius 3 is 2.26 bits per heavy atom. The third-order valence-electron chi connectivity index (χ3n) is 8.12. The van der Waals surface area contributed by atoms with Gasteiger partial charge in [-0.3, -0.25) is 4.79 Å². The first kappa shape index (κ1) is 22.1. The van der Waals surface area contributed by atoms with Crippen LogP contribution in [0.2, 0.25) is 0 Å². The van der Waals surface area contributed by atoms with E-state index in [0.717, 1.165) is 49.2 Å². The average molecular weight is 464 g/mol. The fraction of sp³-hybridized carbons (Fsp3) is 0.323. The van der Waals surface area contributed by atoms with E-state index in [1.807, 2.05) is 24.4 Å². The molecule has 0 spiro atoms. The van der Waals surface area contributed by atoms with Crippen LogP contribution in [0.15, 0.2) is 91.1 Å². The normalized spacial score (nSPS) is 21.5. The van der Waals surface area contributed by atoms with Crippen LogP contribution in [-0.4, -0.2) is 53.4 Å². The minimum Gasteiger partial charge on any atom is -0.361 e. The van der Waals surface area contributed by atoms with Crippen molar-refractivity contribution in [1.82, 2.24) is 14.8 Å². The highest BCUT2D eigenvalue weighted by molar-refractivity contribution is 6.05. The van der Waals surface area contributed by atoms with Gasteiger partial charge >= 0.3 is 0 Å². The number of amides is 1. The van der Waals surface area contributed by atoms with Crippen molar-refractivity contribution < 1.29 is 4.79 Å². The predicted molar refractivity (Wildman–Crippen MR) is 142 cm³/mol. The van der Waals surface area contributed by atoms with Crippen molar-refractivity contribution in [1.29, 1.82) is 0 Å². The van der Waals surface area contributed by atoms with Crippen LogP contribution in [0.25, 0.3) is 10.9 Å². The maximum atomic E-state index is 13.7. The molecule has 2 atom stereocenters. The average Bonchev–Trinajstić information content (AvgIpc) is 3.57. The number of hydrogen-bond donors (Lipinski definition) is 1. The molecule has 2 saturated heterocycles. The summed E-state index contributed by atoms with van der Waals surface area (Å²) in [5, 5.41) is 1.09. The topological polar surface area (TPSA) is 39.3 Å². The number of piperidine rings is 1. The number of para-hydroxylation sites is 1. The predicted octanol–water partition coefficient (Wildman–Crippen LogP) is 5.90. The van der Waals surface area contributed by atoms with Crippen LogP contribution < -0.4 is 0 Å². The van der Waals surface area contributed by atoms with Crippen molar-refractivity contribution in [3.63, 3.8) is 0 Å². The first-order valence-corrected chi connectivity index (χ1v) is 12.9. The second-order valence-corrected chi connectivity index (χ2v) is 10.2. The van der Waals surface area contributed by atoms with Crippen LogP contribution in [0.5, 0.6) is 0 Å². The van der Waals surface area contributed by atoms with E-state index in [4.69, 9.17) is 0 Å². The van der Waals surface area contributed by atoms with Gasteiger partial charge in [0, 0.05) is 37.1 Å². The van der Waals surface area contributed by atoms with E-state index in [1.54, 1.807) is 0 Å². The molecule has 4 aromatic rings. The fourth-order valence-electron chi connectivity index (χ4n) is 6.24. The van der Waals surface area contributed by atoms with Crippen LogP contribution in [-0.2, 0) is 0 Å². The number of carbonyl (C=O) groups is 1. The van der Waals surface area contributed by atoms with Crippen molar-refractivity contribution in [2.24, 2.45) is 5.92 Å². The fourth-order valence-corrected chi connectivity index (χ4v) is 6.24. The Morgan fingerprint density at radius 2 is 1.51 bits per heavy atom. The molecule has 1 N–H and O–H groups in total. The Balaban J connectivity index is 1.18. The summed E-state index contributed by atoms with van der Waals surface area (Å²) in [6, 6.07) is 29.8. The molecule has 4 heteroatoms. The minimum absolute atomic E-state index is 0.143. The second kappa shape index (κ2) is 9.71. The molecule has 0 bridgehead atoms. The van der Waals surface area contributed by atoms with Gasteiger partial charge in [-0.25, -0.2) is 0 Å². The summed E-state index contributed by atoms with van der Waals surface area (Å²) in [7, 11) is 0. The molecule has 35 heavy (non-hydrogen) atoms. The second-order valence-electron chi connectivity index (χ2n) is 10.2. The van der Waals surface area contributed by atoms with Gasteiger partial charge in [0.2, 0.25) is 0 Å². The van der Waals surface area contributed by atoms with Crippen LogP contribution >= 0.6 is 0 Å². The zero-order chi connectivity index (χ0) is 23.6. The molecule has 0 saturated carbocycles. The van der Waals surface area contributed by atoms with Crippen molar-refractivity contribution in [3.05, 3.63) is 108 Å². The molecule has 0 unspecified atom stereocenters. The molecule has 3 heterocycles. The zero-order valence-electron chi connectivity index (χ0n) is 20.1. The first-order chi connectivity index (χ1) is 17.3. The highest BCUT2D eigenvalue weighted by atomic mass is 16.2. The van der Waals surface area contributed by atoms with Crippen LogP contribution in [0.3, 0.4) is 0 Å². The van der Waals surface area contributed by atoms with E-state index < -0.39 is 0 Å². The number of aromatic nitrogens is 1. The number of nitrogens with one attached hydrogen (secondary N) is 1. The number of nitrogens with zero attached hydrogens (tertiary/aromatic N) is 2. The molecule has 0 radical (unpaired) electrons. The molecule has 178 valence electrons. The first-order valence-electron chi connectivity index (χ1n) is 12.9. The number of rotatable bonds is 5. The Bertz CT molecular complexity index is 1270. The lowest BCUT2D eigenvalue weighted by molar-refractivity contribution is 0.0783. The molecule has 1 aromatic heterocycles. The number of H-pyrrole nitrogens is 1. The van der Waals surface area contributed by atoms with E-state index in [9.17, 15) is 4.79 Å². The van der Waals surface area contributed by atoms with E-state index in [2.05, 4.69) is 81.5 Å². The Labute approximate surface area is 207 Å². The monoisotopic (exact) mass is 463 g/mol. The van der Waals surface area contributed by atoms with Gasteiger partial charge in [0.05, 0.1) is 11.1 Å². The molecular weight excluding hydrogens is 430 g/mol. The van der Waals surface area contributed by atoms with Gasteiger partial charge in [-0.15, -0.1) is 0 Å². The minimum atomic E-state index is 0.143. The lowest BCUT2D eigenvalue weighted by atomic mass is 9.86. The summed E-state index contributed by atoms with van der Waals surface area (Å²) in [5.41, 5.74) is 4.55. The largest absolute Gasteiger partial charge is 0.361 e. The Kier molecular flexibility index (Phi) is 6.13. The van der Waals surface area contributed by atoms with Crippen LogP contribution in [0.1, 0.15) is 46.2 Å². The molecule has 6 rings (SSSR count). The molecule has 2 aliphatic heterocycles. The highest BCUT2D eigenvalue weighted by Crippen LogP contribution is 2.36. The number of likely N-dealkylation sites (tertiary alicyclic amines) is 2. The Morgan fingerprint density at radius 1 is 0.800 bits per heavy atom. The van der Waals surface area contributed by atoms with Crippen LogP contribution in [0, 0.1) is 5.92 Å². The summed E-state index contributed by atoms with van der Waals surface area (Å²) >= 11 is 0. The quantitative estimate of drug-likeness (QED) is 0.400. The third-order valence-corrected chi connectivity index (χ3v) is 8.12. The van der Waals surface area contributed by atoms with E-state index in [0.29, 0.717) is 17.8 Å². The number of benzene rings is 3. The van der Waals surface area contributed by atoms with E-state index in [1.165, 1.54) is 24.0 Å². The molecule has 2 fully saturated rings. The molecular formula is C31H33N3O. The molecule has 4 nitrogen and oxygen atoms in total. The lowest BCUT2D eigenvalue weighted by Crippen LogP contribution is -2.38. The van der Waals surface area contributed by atoms with Crippen molar-refractivity contribution in [3.8, 4) is 0 Å². The van der Waals surface area contributed by atoms with E-state index in [-0.39, 0.29) is 5.91 Å². The maximum Gasteiger partial charge on any atom is 0.256 e. The van der Waals surface area contributed by atoms with Crippen molar-refractivity contribution in [2.75, 3.05) is 32.7 Å². The number of fused-ring (bicyclic) bond motifs is 1. The van der Waals surface area contributed by atoms with Crippen LogP contribution in [0.4, 0.5) is 0 Å². The molecule has 3 aromatic carbocycles. The summed E-state index contributed by atoms with van der Waals surface area (Å²) in [4.78, 5) is 21.7. The highest BCUT2D eigenvalue weighted by Gasteiger charge is 2.38. The Hall–Kier alpha value is -3.37. The van der Waals surface area contributed by atoms with Crippen molar-refractivity contribution >= 4 is 16.8 Å². The van der Waals surface area contributed by atoms with Gasteiger partial charge in [0.15, 0.2) is 0 Å². The molecule has 0 aliphatic carbocycles. The van der Waals surface area contributed by atoms with Gasteiger partial charge in [0.25, 0.3) is 5.91 Å². The summed E-state index contributed by atoms with van der Waals surface area (Å²) in [5.74, 6) is 1.62. The van der Waals surface area contributed by atoms with Gasteiger partial charge in [-0.2, -0.15) is 0 Å². The summed E-state index contributed by atoms with van der Waals surface area (Å²) in [6.45, 7) is 4.91. The zero-order valence-corrected chi connectivity index (χ0v) is 20.1. The van der Waals surface area contributed by atoms with Crippen molar-refractivity contribution in [2.45, 2.75) is 24.7 Å². The van der Waals surface area contributed by atoms with Gasteiger partial charge in [0.1, 0.15) is 0 Å². The smallest absolute Gasteiger partial charge is 0.256 e. The number of carbonyl (C=O) groups excluding carboxylic acids is 1. The lowest BCUT2D eigenvalue weighted by Gasteiger charge is -2.34. The van der Waals surface area contributed by atoms with E-state index >= 15 is 0 Å². The standard InChI is InChI=1S/C31H33N3O/c35-31(28-13-7-12-26-14-17-32-30(26)28)34-21-27(29(22-34)25-10-5-2-6-11-25)20-33-18-15-24(16-19-33)23-8-3-1-4-9-23/h1-14,17,24,27,29,32H,15-16,18-22H2/t27-,29+/m0/s1. The summed E-state index contributed by atoms with van der Waals surface area (Å²) < 4.78 is 0.